The van der Waals surface area contributed by atoms with E-state index in [0.717, 1.165) is 24.9 Å². The van der Waals surface area contributed by atoms with Gasteiger partial charge in [0.25, 0.3) is 0 Å². The lowest BCUT2D eigenvalue weighted by Gasteiger charge is -2.24. The van der Waals surface area contributed by atoms with Crippen molar-refractivity contribution in [1.82, 2.24) is 5.32 Å². The maximum atomic E-state index is 12.0. The Morgan fingerprint density at radius 3 is 2.53 bits per heavy atom. The maximum absolute atomic E-state index is 12.0. The zero-order valence-corrected chi connectivity index (χ0v) is 11.3. The van der Waals surface area contributed by atoms with Crippen molar-refractivity contribution in [2.24, 2.45) is 5.92 Å². The van der Waals surface area contributed by atoms with E-state index in [-0.39, 0.29) is 17.7 Å². The van der Waals surface area contributed by atoms with Gasteiger partial charge in [-0.25, -0.2) is 0 Å². The van der Waals surface area contributed by atoms with E-state index in [0.29, 0.717) is 13.0 Å². The Kier molecular flexibility index (Phi) is 4.55. The molecule has 0 atom stereocenters. The van der Waals surface area contributed by atoms with Crippen LogP contribution in [0.2, 0.25) is 0 Å². The minimum Gasteiger partial charge on any atom is -0.355 e. The van der Waals surface area contributed by atoms with Crippen LogP contribution in [0.5, 0.6) is 0 Å². The second-order valence-corrected chi connectivity index (χ2v) is 4.96. The number of nitrogens with one attached hydrogen (secondary N) is 1. The smallest absolute Gasteiger partial charge is 0.228 e. The van der Waals surface area contributed by atoms with Crippen molar-refractivity contribution in [3.63, 3.8) is 0 Å². The first kappa shape index (κ1) is 13.6. The Hall–Kier alpha value is -1.84. The third-order valence-corrected chi connectivity index (χ3v) is 3.63. The second-order valence-electron chi connectivity index (χ2n) is 4.96. The number of carbonyl (C=O) groups excluding carboxylic acids is 2. The molecule has 1 aromatic rings. The summed E-state index contributed by atoms with van der Waals surface area (Å²) in [5.74, 6) is 0.295. The van der Waals surface area contributed by atoms with Crippen LogP contribution >= 0.6 is 0 Å². The summed E-state index contributed by atoms with van der Waals surface area (Å²) < 4.78 is 0. The molecule has 2 rings (SSSR count). The van der Waals surface area contributed by atoms with Gasteiger partial charge in [0.05, 0.1) is 0 Å². The number of nitrogens with zero attached hydrogens (tertiary/aromatic N) is 1. The molecule has 19 heavy (non-hydrogen) atoms. The Balaban J connectivity index is 1.73. The van der Waals surface area contributed by atoms with E-state index in [1.165, 1.54) is 0 Å². The molecule has 1 aliphatic carbocycles. The summed E-state index contributed by atoms with van der Waals surface area (Å²) in [6, 6.07) is 9.51. The van der Waals surface area contributed by atoms with E-state index >= 15 is 0 Å². The molecule has 0 unspecified atom stereocenters. The largest absolute Gasteiger partial charge is 0.355 e. The van der Waals surface area contributed by atoms with Crippen LogP contribution in [0.15, 0.2) is 30.3 Å². The normalized spacial score (nSPS) is 14.6. The van der Waals surface area contributed by atoms with Gasteiger partial charge >= 0.3 is 0 Å². The van der Waals surface area contributed by atoms with E-state index in [1.54, 1.807) is 11.9 Å². The minimum atomic E-state index is 0.0140. The van der Waals surface area contributed by atoms with Crippen molar-refractivity contribution in [2.45, 2.75) is 25.7 Å². The summed E-state index contributed by atoms with van der Waals surface area (Å²) in [5.41, 5.74) is 0.873. The van der Waals surface area contributed by atoms with E-state index in [4.69, 9.17) is 0 Å². The van der Waals surface area contributed by atoms with Crippen molar-refractivity contribution in [1.29, 1.82) is 0 Å². The molecule has 4 heteroatoms. The Morgan fingerprint density at radius 2 is 1.95 bits per heavy atom. The lowest BCUT2D eigenvalue weighted by atomic mass is 9.85. The van der Waals surface area contributed by atoms with Crippen LogP contribution in [0.4, 0.5) is 5.69 Å². The van der Waals surface area contributed by atoms with Crippen LogP contribution in [0, 0.1) is 5.92 Å². The standard InChI is InChI=1S/C15H20N2O2/c1-17(13-8-3-2-4-9-13)14(18)10-11-16-15(19)12-6-5-7-12/h2-4,8-9,12H,5-7,10-11H2,1H3,(H,16,19). The summed E-state index contributed by atoms with van der Waals surface area (Å²) in [5, 5.41) is 2.84. The first-order valence-corrected chi connectivity index (χ1v) is 6.78. The fourth-order valence-corrected chi connectivity index (χ4v) is 2.07. The third-order valence-electron chi connectivity index (χ3n) is 3.63. The molecule has 1 aromatic carbocycles. The van der Waals surface area contributed by atoms with Gasteiger partial charge in [0.1, 0.15) is 0 Å². The van der Waals surface area contributed by atoms with Gasteiger partial charge in [-0.15, -0.1) is 0 Å². The number of para-hydroxylation sites is 1. The third kappa shape index (κ3) is 3.56. The van der Waals surface area contributed by atoms with Gasteiger partial charge in [-0.2, -0.15) is 0 Å². The monoisotopic (exact) mass is 260 g/mol. The molecule has 1 saturated carbocycles. The highest BCUT2D eigenvalue weighted by atomic mass is 16.2. The van der Waals surface area contributed by atoms with Crippen molar-refractivity contribution in [3.05, 3.63) is 30.3 Å². The zero-order valence-electron chi connectivity index (χ0n) is 11.3. The van der Waals surface area contributed by atoms with Gasteiger partial charge in [0.15, 0.2) is 0 Å². The molecule has 1 fully saturated rings. The number of rotatable bonds is 5. The Labute approximate surface area is 113 Å². The first-order chi connectivity index (χ1) is 9.18. The summed E-state index contributed by atoms with van der Waals surface area (Å²) in [4.78, 5) is 25.2. The molecule has 0 heterocycles. The fraction of sp³-hybridized carbons (Fsp3) is 0.467. The van der Waals surface area contributed by atoms with Gasteiger partial charge in [-0.05, 0) is 25.0 Å². The first-order valence-electron chi connectivity index (χ1n) is 6.78. The molecule has 102 valence electrons. The molecule has 1 aliphatic rings. The molecule has 0 saturated heterocycles. The number of benzene rings is 1. The van der Waals surface area contributed by atoms with Gasteiger partial charge in [-0.3, -0.25) is 9.59 Å². The number of amides is 2. The molecule has 0 aromatic heterocycles. The topological polar surface area (TPSA) is 49.4 Å². The fourth-order valence-electron chi connectivity index (χ4n) is 2.07. The average Bonchev–Trinajstić information content (AvgIpc) is 2.36. The molecule has 0 radical (unpaired) electrons. The number of carbonyl (C=O) groups is 2. The molecular weight excluding hydrogens is 240 g/mol. The summed E-state index contributed by atoms with van der Waals surface area (Å²) in [7, 11) is 1.76. The van der Waals surface area contributed by atoms with E-state index in [2.05, 4.69) is 5.32 Å². The average molecular weight is 260 g/mol. The van der Waals surface area contributed by atoms with Crippen LogP contribution in [-0.2, 0) is 9.59 Å². The molecule has 4 nitrogen and oxygen atoms in total. The molecule has 0 spiro atoms. The van der Waals surface area contributed by atoms with Crippen molar-refractivity contribution in [3.8, 4) is 0 Å². The maximum Gasteiger partial charge on any atom is 0.228 e. The highest BCUT2D eigenvalue weighted by molar-refractivity contribution is 5.93. The molecular formula is C15H20N2O2. The van der Waals surface area contributed by atoms with Crippen LogP contribution in [-0.4, -0.2) is 25.4 Å². The highest BCUT2D eigenvalue weighted by Crippen LogP contribution is 2.26. The quantitative estimate of drug-likeness (QED) is 0.879. The number of hydrogen-bond acceptors (Lipinski definition) is 2. The zero-order chi connectivity index (χ0) is 13.7. The Morgan fingerprint density at radius 1 is 1.26 bits per heavy atom. The van der Waals surface area contributed by atoms with Crippen molar-refractivity contribution in [2.75, 3.05) is 18.5 Å². The van der Waals surface area contributed by atoms with Crippen LogP contribution in [0.3, 0.4) is 0 Å². The minimum absolute atomic E-state index is 0.0140. The number of hydrogen-bond donors (Lipinski definition) is 1. The molecule has 0 aliphatic heterocycles. The summed E-state index contributed by atoms with van der Waals surface area (Å²) in [6.45, 7) is 0.422. The summed E-state index contributed by atoms with van der Waals surface area (Å²) in [6.07, 6.45) is 3.46. The van der Waals surface area contributed by atoms with Gasteiger partial charge in [0.2, 0.25) is 11.8 Å². The van der Waals surface area contributed by atoms with Crippen LogP contribution in [0.1, 0.15) is 25.7 Å². The molecule has 1 N–H and O–H groups in total. The number of anilines is 1. The van der Waals surface area contributed by atoms with Gasteiger partial charge < -0.3 is 10.2 Å². The summed E-state index contributed by atoms with van der Waals surface area (Å²) >= 11 is 0. The second kappa shape index (κ2) is 6.36. The van der Waals surface area contributed by atoms with E-state index in [9.17, 15) is 9.59 Å². The van der Waals surface area contributed by atoms with Crippen molar-refractivity contribution >= 4 is 17.5 Å². The molecule has 0 bridgehead atoms. The van der Waals surface area contributed by atoms with E-state index < -0.39 is 0 Å². The van der Waals surface area contributed by atoms with Gasteiger partial charge in [-0.1, -0.05) is 24.6 Å². The van der Waals surface area contributed by atoms with Crippen LogP contribution < -0.4 is 10.2 Å². The lowest BCUT2D eigenvalue weighted by Crippen LogP contribution is -2.37. The van der Waals surface area contributed by atoms with Gasteiger partial charge in [0, 0.05) is 31.6 Å². The van der Waals surface area contributed by atoms with Crippen LogP contribution in [0.25, 0.3) is 0 Å². The van der Waals surface area contributed by atoms with Crippen molar-refractivity contribution < 1.29 is 9.59 Å². The predicted molar refractivity (Wildman–Crippen MR) is 74.8 cm³/mol. The predicted octanol–water partition coefficient (Wildman–Crippen LogP) is 1.96. The highest BCUT2D eigenvalue weighted by Gasteiger charge is 2.24. The Bertz CT molecular complexity index is 441. The van der Waals surface area contributed by atoms with E-state index in [1.807, 2.05) is 30.3 Å². The molecule has 2 amide bonds. The lowest BCUT2D eigenvalue weighted by molar-refractivity contribution is -0.127. The SMILES string of the molecule is CN(C(=O)CCNC(=O)C1CCC1)c1ccccc1.